The van der Waals surface area contributed by atoms with Crippen LogP contribution in [0.5, 0.6) is 0 Å². The zero-order valence-electron chi connectivity index (χ0n) is 13.2. The summed E-state index contributed by atoms with van der Waals surface area (Å²) in [5.74, 6) is -0.917. The van der Waals surface area contributed by atoms with Gasteiger partial charge >= 0.3 is 5.97 Å². The van der Waals surface area contributed by atoms with Crippen molar-refractivity contribution in [1.82, 2.24) is 0 Å². The lowest BCUT2D eigenvalue weighted by Gasteiger charge is -2.35. The second-order valence-electron chi connectivity index (χ2n) is 5.77. The van der Waals surface area contributed by atoms with E-state index in [1.807, 2.05) is 31.2 Å². The molecule has 1 saturated heterocycles. The van der Waals surface area contributed by atoms with Gasteiger partial charge < -0.3 is 14.6 Å². The highest BCUT2D eigenvalue weighted by Gasteiger charge is 2.46. The number of methoxy groups -OCH3 is 1. The van der Waals surface area contributed by atoms with E-state index in [4.69, 9.17) is 4.74 Å². The number of aliphatic hydroxyl groups excluding tert-OH is 1. The summed E-state index contributed by atoms with van der Waals surface area (Å²) < 4.78 is 9.90. The Morgan fingerprint density at radius 3 is 2.65 bits per heavy atom. The van der Waals surface area contributed by atoms with Gasteiger partial charge in [-0.1, -0.05) is 29.8 Å². The van der Waals surface area contributed by atoms with E-state index in [0.29, 0.717) is 0 Å². The molecule has 1 aromatic carbocycles. The number of rotatable bonds is 5. The SMILES string of the molecule is COC(=O)CC[C@@H]1OC(O)C[C@H](c2ccc(C)cc2)[C@@H]1[N+](=O)[O-]. The summed E-state index contributed by atoms with van der Waals surface area (Å²) in [6, 6.07) is 6.44. The standard InChI is InChI=1S/C16H21NO6/c1-10-3-5-11(6-4-10)12-9-15(19)23-13(16(12)17(20)21)7-8-14(18)22-2/h3-6,12-13,15-16,19H,7-9H2,1-2H3/t12-,13+,15?,16+/m1/s1. The first-order valence-electron chi connectivity index (χ1n) is 7.52. The van der Waals surface area contributed by atoms with Gasteiger partial charge in [0.2, 0.25) is 6.04 Å². The number of carbonyl (C=O) groups is 1. The van der Waals surface area contributed by atoms with Gasteiger partial charge in [-0.3, -0.25) is 14.9 Å². The Bertz CT molecular complexity index is 558. The summed E-state index contributed by atoms with van der Waals surface area (Å²) in [5.41, 5.74) is 1.85. The molecule has 0 amide bonds. The summed E-state index contributed by atoms with van der Waals surface area (Å²) in [7, 11) is 1.26. The Balaban J connectivity index is 2.23. The van der Waals surface area contributed by atoms with Crippen molar-refractivity contribution in [1.29, 1.82) is 0 Å². The van der Waals surface area contributed by atoms with Crippen molar-refractivity contribution in [2.75, 3.05) is 7.11 Å². The monoisotopic (exact) mass is 323 g/mol. The molecule has 1 N–H and O–H groups in total. The quantitative estimate of drug-likeness (QED) is 0.504. The van der Waals surface area contributed by atoms with Crippen LogP contribution < -0.4 is 0 Å². The fourth-order valence-electron chi connectivity index (χ4n) is 2.98. The Morgan fingerprint density at radius 2 is 2.09 bits per heavy atom. The van der Waals surface area contributed by atoms with Crippen molar-refractivity contribution in [3.8, 4) is 0 Å². The van der Waals surface area contributed by atoms with Crippen LogP contribution >= 0.6 is 0 Å². The number of aliphatic hydroxyl groups is 1. The van der Waals surface area contributed by atoms with Crippen LogP contribution in [0.3, 0.4) is 0 Å². The van der Waals surface area contributed by atoms with E-state index < -0.39 is 30.3 Å². The van der Waals surface area contributed by atoms with E-state index in [1.165, 1.54) is 7.11 Å². The third-order valence-electron chi connectivity index (χ3n) is 4.19. The molecule has 1 aliphatic rings. The lowest BCUT2D eigenvalue weighted by atomic mass is 9.82. The Labute approximate surface area is 134 Å². The normalized spacial score (nSPS) is 27.4. The molecule has 4 atom stereocenters. The van der Waals surface area contributed by atoms with E-state index in [0.717, 1.165) is 11.1 Å². The lowest BCUT2D eigenvalue weighted by Crippen LogP contribution is -2.48. The first kappa shape index (κ1) is 17.4. The fraction of sp³-hybridized carbons (Fsp3) is 0.562. The number of benzene rings is 1. The van der Waals surface area contributed by atoms with Crippen LogP contribution in [0.2, 0.25) is 0 Å². The van der Waals surface area contributed by atoms with Gasteiger partial charge in [0.05, 0.1) is 13.0 Å². The van der Waals surface area contributed by atoms with Crippen LogP contribution in [-0.4, -0.2) is 41.5 Å². The predicted octanol–water partition coefficient (Wildman–Crippen LogP) is 1.78. The van der Waals surface area contributed by atoms with Crippen LogP contribution in [0.1, 0.15) is 36.3 Å². The number of esters is 1. The number of carbonyl (C=O) groups excluding carboxylic acids is 1. The molecule has 1 aliphatic heterocycles. The first-order valence-corrected chi connectivity index (χ1v) is 7.52. The second kappa shape index (κ2) is 7.52. The van der Waals surface area contributed by atoms with Crippen LogP contribution in [0, 0.1) is 17.0 Å². The van der Waals surface area contributed by atoms with Crippen molar-refractivity contribution < 1.29 is 24.3 Å². The average Bonchev–Trinajstić information content (AvgIpc) is 2.52. The summed E-state index contributed by atoms with van der Waals surface area (Å²) >= 11 is 0. The molecule has 1 unspecified atom stereocenters. The summed E-state index contributed by atoms with van der Waals surface area (Å²) in [6.07, 6.45) is -1.61. The third kappa shape index (κ3) is 4.27. The van der Waals surface area contributed by atoms with Crippen molar-refractivity contribution in [2.24, 2.45) is 0 Å². The van der Waals surface area contributed by atoms with E-state index in [2.05, 4.69) is 4.74 Å². The van der Waals surface area contributed by atoms with Crippen LogP contribution in [0.25, 0.3) is 0 Å². The molecule has 0 spiro atoms. The molecule has 7 nitrogen and oxygen atoms in total. The van der Waals surface area contributed by atoms with Crippen molar-refractivity contribution in [3.05, 3.63) is 45.5 Å². The van der Waals surface area contributed by atoms with Crippen molar-refractivity contribution >= 4 is 5.97 Å². The lowest BCUT2D eigenvalue weighted by molar-refractivity contribution is -0.549. The van der Waals surface area contributed by atoms with Gasteiger partial charge in [-0.15, -0.1) is 0 Å². The van der Waals surface area contributed by atoms with E-state index in [1.54, 1.807) is 0 Å². The highest BCUT2D eigenvalue weighted by Crippen LogP contribution is 2.36. The average molecular weight is 323 g/mol. The zero-order chi connectivity index (χ0) is 17.0. The van der Waals surface area contributed by atoms with Gasteiger partial charge in [0.1, 0.15) is 6.10 Å². The molecule has 0 bridgehead atoms. The summed E-state index contributed by atoms with van der Waals surface area (Å²) in [6.45, 7) is 1.94. The second-order valence-corrected chi connectivity index (χ2v) is 5.77. The van der Waals surface area contributed by atoms with Crippen LogP contribution in [-0.2, 0) is 14.3 Å². The molecular weight excluding hydrogens is 302 g/mol. The molecular formula is C16H21NO6. The number of hydrogen-bond acceptors (Lipinski definition) is 6. The number of nitrogens with zero attached hydrogens (tertiary/aromatic N) is 1. The van der Waals surface area contributed by atoms with Crippen molar-refractivity contribution in [3.63, 3.8) is 0 Å². The third-order valence-corrected chi connectivity index (χ3v) is 4.19. The maximum atomic E-state index is 11.6. The minimum absolute atomic E-state index is 0.0127. The van der Waals surface area contributed by atoms with E-state index in [9.17, 15) is 20.0 Å². The van der Waals surface area contributed by atoms with Crippen LogP contribution in [0.15, 0.2) is 24.3 Å². The van der Waals surface area contributed by atoms with Gasteiger partial charge in [-0.25, -0.2) is 0 Å². The number of nitro groups is 1. The van der Waals surface area contributed by atoms with Crippen molar-refractivity contribution in [2.45, 2.75) is 50.5 Å². The minimum atomic E-state index is -1.08. The minimum Gasteiger partial charge on any atom is -0.469 e. The largest absolute Gasteiger partial charge is 0.469 e. The number of hydrogen-bond donors (Lipinski definition) is 1. The number of aryl methyl sites for hydroxylation is 1. The molecule has 126 valence electrons. The maximum Gasteiger partial charge on any atom is 0.305 e. The molecule has 23 heavy (non-hydrogen) atoms. The Morgan fingerprint density at radius 1 is 1.43 bits per heavy atom. The van der Waals surface area contributed by atoms with Crippen LogP contribution in [0.4, 0.5) is 0 Å². The highest BCUT2D eigenvalue weighted by molar-refractivity contribution is 5.69. The first-order chi connectivity index (χ1) is 10.9. The Kier molecular flexibility index (Phi) is 5.68. The molecule has 1 fully saturated rings. The smallest absolute Gasteiger partial charge is 0.305 e. The van der Waals surface area contributed by atoms with Gasteiger partial charge in [-0.05, 0) is 18.9 Å². The maximum absolute atomic E-state index is 11.6. The molecule has 0 aromatic heterocycles. The highest BCUT2D eigenvalue weighted by atomic mass is 16.6. The molecule has 0 aliphatic carbocycles. The Hall–Kier alpha value is -1.99. The topological polar surface area (TPSA) is 98.9 Å². The van der Waals surface area contributed by atoms with Gasteiger partial charge in [-0.2, -0.15) is 0 Å². The summed E-state index contributed by atoms with van der Waals surface area (Å²) in [5, 5.41) is 21.5. The summed E-state index contributed by atoms with van der Waals surface area (Å²) in [4.78, 5) is 22.5. The van der Waals surface area contributed by atoms with E-state index >= 15 is 0 Å². The van der Waals surface area contributed by atoms with E-state index in [-0.39, 0.29) is 24.2 Å². The fourth-order valence-corrected chi connectivity index (χ4v) is 2.98. The zero-order valence-corrected chi connectivity index (χ0v) is 13.2. The van der Waals surface area contributed by atoms with Gasteiger partial charge in [0.15, 0.2) is 6.29 Å². The molecule has 1 aromatic rings. The van der Waals surface area contributed by atoms with Gasteiger partial charge in [0, 0.05) is 17.8 Å². The van der Waals surface area contributed by atoms with Gasteiger partial charge in [0.25, 0.3) is 0 Å². The number of ether oxygens (including phenoxy) is 2. The molecule has 0 radical (unpaired) electrons. The molecule has 2 rings (SSSR count). The molecule has 1 heterocycles. The molecule has 7 heteroatoms. The predicted molar refractivity (Wildman–Crippen MR) is 81.4 cm³/mol. The molecule has 0 saturated carbocycles.